The Labute approximate surface area is 125 Å². The number of rotatable bonds is 2. The zero-order valence-corrected chi connectivity index (χ0v) is 13.0. The van der Waals surface area contributed by atoms with Crippen molar-refractivity contribution >= 4 is 39.0 Å². The maximum atomic E-state index is 12.5. The van der Waals surface area contributed by atoms with E-state index in [2.05, 4.69) is 15.9 Å². The van der Waals surface area contributed by atoms with Gasteiger partial charge in [0, 0.05) is 15.6 Å². The van der Waals surface area contributed by atoms with Gasteiger partial charge in [-0.1, -0.05) is 27.5 Å². The fourth-order valence-corrected chi connectivity index (χ4v) is 2.44. The van der Waals surface area contributed by atoms with Crippen molar-refractivity contribution in [1.82, 2.24) is 0 Å². The topological polar surface area (TPSA) is 43.1 Å². The lowest BCUT2D eigenvalue weighted by Gasteiger charge is -2.09. The maximum absolute atomic E-state index is 12.5. The number of hydrogen-bond acceptors (Lipinski definition) is 2. The summed E-state index contributed by atoms with van der Waals surface area (Å²) in [5.74, 6) is -0.0449. The molecule has 2 aromatic rings. The second-order valence-corrected chi connectivity index (χ2v) is 5.74. The normalized spacial score (nSPS) is 10.5. The van der Waals surface area contributed by atoms with E-state index in [1.807, 2.05) is 26.0 Å². The van der Waals surface area contributed by atoms with E-state index < -0.39 is 0 Å². The molecule has 0 bridgehead atoms. The minimum Gasteiger partial charge on any atom is -0.398 e. The molecule has 0 amide bonds. The van der Waals surface area contributed by atoms with Crippen LogP contribution in [0.5, 0.6) is 0 Å². The number of hydrogen-bond donors (Lipinski definition) is 1. The monoisotopic (exact) mass is 337 g/mol. The van der Waals surface area contributed by atoms with E-state index in [0.29, 0.717) is 21.8 Å². The average molecular weight is 339 g/mol. The number of nitrogens with two attached hydrogens (primary N) is 1. The van der Waals surface area contributed by atoms with Gasteiger partial charge in [-0.15, -0.1) is 0 Å². The van der Waals surface area contributed by atoms with E-state index >= 15 is 0 Å². The first-order chi connectivity index (χ1) is 8.90. The average Bonchev–Trinajstić information content (AvgIpc) is 2.36. The molecular weight excluding hydrogens is 326 g/mol. The van der Waals surface area contributed by atoms with E-state index in [4.69, 9.17) is 17.3 Å². The Morgan fingerprint density at radius 1 is 1.16 bits per heavy atom. The summed E-state index contributed by atoms with van der Waals surface area (Å²) in [5.41, 5.74) is 9.33. The Balaban J connectivity index is 2.49. The predicted octanol–water partition coefficient (Wildman–Crippen LogP) is 4.53. The summed E-state index contributed by atoms with van der Waals surface area (Å²) in [6.07, 6.45) is 0. The van der Waals surface area contributed by atoms with E-state index in [1.165, 1.54) is 0 Å². The van der Waals surface area contributed by atoms with E-state index in [-0.39, 0.29) is 5.78 Å². The molecular formula is C15H13BrClNO. The highest BCUT2D eigenvalue weighted by Crippen LogP contribution is 2.25. The highest BCUT2D eigenvalue weighted by atomic mass is 79.9. The first-order valence-corrected chi connectivity index (χ1v) is 6.93. The van der Waals surface area contributed by atoms with Crippen molar-refractivity contribution in [3.63, 3.8) is 0 Å². The highest BCUT2D eigenvalue weighted by Gasteiger charge is 2.14. The summed E-state index contributed by atoms with van der Waals surface area (Å²) < 4.78 is 0.997. The largest absolute Gasteiger partial charge is 0.398 e. The number of halogens is 2. The third kappa shape index (κ3) is 2.82. The molecule has 0 unspecified atom stereocenters. The van der Waals surface area contributed by atoms with Gasteiger partial charge in [-0.3, -0.25) is 4.79 Å². The first-order valence-electron chi connectivity index (χ1n) is 5.76. The van der Waals surface area contributed by atoms with Crippen molar-refractivity contribution in [2.45, 2.75) is 13.8 Å². The molecule has 0 heterocycles. The van der Waals surface area contributed by atoms with Gasteiger partial charge in [0.15, 0.2) is 5.78 Å². The van der Waals surface area contributed by atoms with Crippen LogP contribution < -0.4 is 5.73 Å². The van der Waals surface area contributed by atoms with Gasteiger partial charge in [0.05, 0.1) is 10.7 Å². The molecule has 2 rings (SSSR count). The minimum atomic E-state index is -0.0449. The van der Waals surface area contributed by atoms with Gasteiger partial charge in [0.2, 0.25) is 0 Å². The number of anilines is 1. The lowest BCUT2D eigenvalue weighted by atomic mass is 9.97. The molecule has 19 heavy (non-hydrogen) atoms. The fourth-order valence-electron chi connectivity index (χ4n) is 1.87. The van der Waals surface area contributed by atoms with Crippen molar-refractivity contribution in [1.29, 1.82) is 0 Å². The lowest BCUT2D eigenvalue weighted by Crippen LogP contribution is -2.05. The smallest absolute Gasteiger partial charge is 0.193 e. The van der Waals surface area contributed by atoms with Gasteiger partial charge in [0.25, 0.3) is 0 Å². The number of aryl methyl sites for hydroxylation is 2. The molecule has 4 heteroatoms. The number of carbonyl (C=O) groups is 1. The van der Waals surface area contributed by atoms with Gasteiger partial charge in [-0.2, -0.15) is 0 Å². The van der Waals surface area contributed by atoms with E-state index in [0.717, 1.165) is 15.6 Å². The van der Waals surface area contributed by atoms with Crippen molar-refractivity contribution in [3.05, 3.63) is 62.1 Å². The predicted molar refractivity (Wildman–Crippen MR) is 82.9 cm³/mol. The van der Waals surface area contributed by atoms with Crippen LogP contribution >= 0.6 is 27.5 Å². The molecule has 0 aliphatic carbocycles. The molecule has 0 aliphatic heterocycles. The third-order valence-electron chi connectivity index (χ3n) is 3.01. The van der Waals surface area contributed by atoms with E-state index in [9.17, 15) is 4.79 Å². The minimum absolute atomic E-state index is 0.0449. The first kappa shape index (κ1) is 14.1. The second-order valence-electron chi connectivity index (χ2n) is 4.48. The molecule has 0 saturated carbocycles. The van der Waals surface area contributed by atoms with Crippen molar-refractivity contribution in [2.24, 2.45) is 0 Å². The van der Waals surface area contributed by atoms with Crippen LogP contribution in [0.3, 0.4) is 0 Å². The Hall–Kier alpha value is -1.32. The zero-order chi connectivity index (χ0) is 14.2. The van der Waals surface area contributed by atoms with Crippen molar-refractivity contribution in [3.8, 4) is 0 Å². The second kappa shape index (κ2) is 5.35. The van der Waals surface area contributed by atoms with Gasteiger partial charge >= 0.3 is 0 Å². The zero-order valence-electron chi connectivity index (χ0n) is 10.6. The molecule has 0 spiro atoms. The van der Waals surface area contributed by atoms with Crippen LogP contribution in [-0.4, -0.2) is 5.78 Å². The SMILES string of the molecule is Cc1cc(C(=O)c2ccc(Cl)c(N)c2)c(C)cc1Br. The molecule has 0 aliphatic rings. The molecule has 98 valence electrons. The summed E-state index contributed by atoms with van der Waals surface area (Å²) in [7, 11) is 0. The van der Waals surface area contributed by atoms with E-state index in [1.54, 1.807) is 18.2 Å². The van der Waals surface area contributed by atoms with Crippen LogP contribution in [0.2, 0.25) is 5.02 Å². The summed E-state index contributed by atoms with van der Waals surface area (Å²) in [5, 5.41) is 0.459. The molecule has 2 nitrogen and oxygen atoms in total. The molecule has 0 radical (unpaired) electrons. The van der Waals surface area contributed by atoms with Crippen LogP contribution in [0.25, 0.3) is 0 Å². The summed E-state index contributed by atoms with van der Waals surface area (Å²) >= 11 is 9.32. The lowest BCUT2D eigenvalue weighted by molar-refractivity contribution is 0.103. The molecule has 0 saturated heterocycles. The van der Waals surface area contributed by atoms with Crippen LogP contribution in [0.1, 0.15) is 27.0 Å². The standard InChI is InChI=1S/C15H13BrClNO/c1-8-6-12(16)9(2)5-11(8)15(19)10-3-4-13(17)14(18)7-10/h3-7H,18H2,1-2H3. The van der Waals surface area contributed by atoms with Crippen LogP contribution in [0.15, 0.2) is 34.8 Å². The third-order valence-corrected chi connectivity index (χ3v) is 4.21. The Morgan fingerprint density at radius 2 is 1.84 bits per heavy atom. The molecule has 0 aromatic heterocycles. The number of nitrogen functional groups attached to an aromatic ring is 1. The Kier molecular flexibility index (Phi) is 3.97. The van der Waals surface area contributed by atoms with Crippen LogP contribution in [0, 0.1) is 13.8 Å². The Morgan fingerprint density at radius 3 is 2.47 bits per heavy atom. The number of carbonyl (C=O) groups excluding carboxylic acids is 1. The van der Waals surface area contributed by atoms with Gasteiger partial charge in [-0.25, -0.2) is 0 Å². The Bertz CT molecular complexity index is 667. The summed E-state index contributed by atoms with van der Waals surface area (Å²) in [4.78, 5) is 12.5. The molecule has 0 fully saturated rings. The van der Waals surface area contributed by atoms with Crippen LogP contribution in [0.4, 0.5) is 5.69 Å². The van der Waals surface area contributed by atoms with Gasteiger partial charge in [-0.05, 0) is 55.3 Å². The van der Waals surface area contributed by atoms with Crippen LogP contribution in [-0.2, 0) is 0 Å². The molecule has 2 N–H and O–H groups in total. The quantitative estimate of drug-likeness (QED) is 0.645. The fraction of sp³-hybridized carbons (Fsp3) is 0.133. The summed E-state index contributed by atoms with van der Waals surface area (Å²) in [6, 6.07) is 8.78. The van der Waals surface area contributed by atoms with Crippen molar-refractivity contribution in [2.75, 3.05) is 5.73 Å². The highest BCUT2D eigenvalue weighted by molar-refractivity contribution is 9.10. The molecule has 2 aromatic carbocycles. The van der Waals surface area contributed by atoms with Gasteiger partial charge in [0.1, 0.15) is 0 Å². The van der Waals surface area contributed by atoms with Crippen molar-refractivity contribution < 1.29 is 4.79 Å². The number of benzene rings is 2. The molecule has 0 atom stereocenters. The summed E-state index contributed by atoms with van der Waals surface area (Å²) in [6.45, 7) is 3.87. The van der Waals surface area contributed by atoms with Gasteiger partial charge < -0.3 is 5.73 Å². The maximum Gasteiger partial charge on any atom is 0.193 e. The number of ketones is 1.